The number of carbonyl (C=O) groups is 2. The summed E-state index contributed by atoms with van der Waals surface area (Å²) in [4.78, 5) is 27.6. The van der Waals surface area contributed by atoms with E-state index >= 15 is 0 Å². The lowest BCUT2D eigenvalue weighted by atomic mass is 9.81. The predicted octanol–water partition coefficient (Wildman–Crippen LogP) is 5.79. The Morgan fingerprint density at radius 2 is 1.76 bits per heavy atom. The van der Waals surface area contributed by atoms with Crippen LogP contribution < -0.4 is 9.47 Å². The van der Waals surface area contributed by atoms with Crippen LogP contribution in [-0.4, -0.2) is 41.9 Å². The molecule has 0 radical (unpaired) electrons. The third kappa shape index (κ3) is 5.29. The second kappa shape index (κ2) is 9.44. The molecule has 34 heavy (non-hydrogen) atoms. The molecule has 1 spiro atoms. The van der Waals surface area contributed by atoms with Gasteiger partial charge in [0.05, 0.1) is 18.6 Å². The summed E-state index contributed by atoms with van der Waals surface area (Å²) in [6, 6.07) is 12.2. The van der Waals surface area contributed by atoms with Crippen LogP contribution in [0.5, 0.6) is 11.5 Å². The van der Waals surface area contributed by atoms with Crippen molar-refractivity contribution in [1.29, 1.82) is 0 Å². The molecule has 5 nitrogen and oxygen atoms in total. The smallest absolute Gasteiger partial charge is 0.222 e. The van der Waals surface area contributed by atoms with E-state index in [4.69, 9.17) is 9.47 Å². The summed E-state index contributed by atoms with van der Waals surface area (Å²) in [6.45, 7) is 12.3. The van der Waals surface area contributed by atoms with Crippen LogP contribution in [0.2, 0.25) is 0 Å². The molecule has 2 aromatic carbocycles. The summed E-state index contributed by atoms with van der Waals surface area (Å²) in [6.07, 6.45) is 2.92. The van der Waals surface area contributed by atoms with Gasteiger partial charge >= 0.3 is 0 Å². The standard InChI is InChI=1S/C29H37NO4/c1-20-17-21(2)27-24(31)19-29(34-25(27)18-20)12-14-30(15-13-29)26(32)7-6-16-33-23-10-8-22(9-11-23)28(3,4)5/h8-11,17-18H,6-7,12-16,19H2,1-5H3. The van der Waals surface area contributed by atoms with Gasteiger partial charge in [0.15, 0.2) is 5.78 Å². The summed E-state index contributed by atoms with van der Waals surface area (Å²) >= 11 is 0. The number of piperidine rings is 1. The maximum atomic E-state index is 12.9. The second-order valence-corrected chi connectivity index (χ2v) is 10.9. The Labute approximate surface area is 203 Å². The number of aryl methyl sites for hydroxylation is 2. The first-order chi connectivity index (χ1) is 16.1. The van der Waals surface area contributed by atoms with Crippen LogP contribution in [0.3, 0.4) is 0 Å². The van der Waals surface area contributed by atoms with E-state index in [0.29, 0.717) is 57.6 Å². The topological polar surface area (TPSA) is 55.8 Å². The van der Waals surface area contributed by atoms with Crippen molar-refractivity contribution in [3.8, 4) is 11.5 Å². The first kappa shape index (κ1) is 24.3. The van der Waals surface area contributed by atoms with Gasteiger partial charge in [-0.1, -0.05) is 39.0 Å². The molecule has 2 aliphatic rings. The minimum Gasteiger partial charge on any atom is -0.494 e. The lowest BCUT2D eigenvalue weighted by Crippen LogP contribution is -2.52. The number of Topliss-reactive ketones (excluding diaryl/α,β-unsaturated/α-hetero) is 1. The molecule has 182 valence electrons. The monoisotopic (exact) mass is 463 g/mol. The van der Waals surface area contributed by atoms with Gasteiger partial charge in [-0.3, -0.25) is 9.59 Å². The molecule has 1 amide bonds. The number of fused-ring (bicyclic) bond motifs is 1. The van der Waals surface area contributed by atoms with Gasteiger partial charge in [-0.2, -0.15) is 0 Å². The SMILES string of the molecule is Cc1cc(C)c2c(c1)OC1(CCN(C(=O)CCCOc3ccc(C(C)(C)C)cc3)CC1)CC2=O. The molecular formula is C29H37NO4. The molecule has 2 heterocycles. The number of hydrogen-bond acceptors (Lipinski definition) is 4. The third-order valence-corrected chi connectivity index (χ3v) is 7.08. The highest BCUT2D eigenvalue weighted by Gasteiger charge is 2.44. The van der Waals surface area contributed by atoms with E-state index in [1.807, 2.05) is 43.0 Å². The first-order valence-electron chi connectivity index (χ1n) is 12.4. The number of ether oxygens (including phenoxy) is 2. The zero-order valence-corrected chi connectivity index (χ0v) is 21.2. The molecule has 0 atom stereocenters. The van der Waals surface area contributed by atoms with Crippen LogP contribution in [0.25, 0.3) is 0 Å². The molecule has 1 saturated heterocycles. The summed E-state index contributed by atoms with van der Waals surface area (Å²) in [5.74, 6) is 1.86. The van der Waals surface area contributed by atoms with Crippen LogP contribution in [0.4, 0.5) is 0 Å². The van der Waals surface area contributed by atoms with Crippen LogP contribution in [0.15, 0.2) is 36.4 Å². The Kier molecular flexibility index (Phi) is 6.75. The van der Waals surface area contributed by atoms with Crippen molar-refractivity contribution < 1.29 is 19.1 Å². The van der Waals surface area contributed by atoms with Crippen molar-refractivity contribution in [2.45, 2.75) is 77.7 Å². The van der Waals surface area contributed by atoms with E-state index in [1.54, 1.807) is 0 Å². The fraction of sp³-hybridized carbons (Fsp3) is 0.517. The first-order valence-corrected chi connectivity index (χ1v) is 12.4. The molecule has 0 bridgehead atoms. The van der Waals surface area contributed by atoms with Gasteiger partial charge in [-0.15, -0.1) is 0 Å². The Morgan fingerprint density at radius 1 is 1.09 bits per heavy atom. The summed E-state index contributed by atoms with van der Waals surface area (Å²) < 4.78 is 12.3. The van der Waals surface area contributed by atoms with Gasteiger partial charge in [-0.05, 0) is 60.6 Å². The number of hydrogen-bond donors (Lipinski definition) is 0. The van der Waals surface area contributed by atoms with Gasteiger partial charge in [0.2, 0.25) is 5.91 Å². The zero-order chi connectivity index (χ0) is 24.5. The second-order valence-electron chi connectivity index (χ2n) is 10.9. The quantitative estimate of drug-likeness (QED) is 0.527. The zero-order valence-electron chi connectivity index (χ0n) is 21.2. The molecule has 1 fully saturated rings. The largest absolute Gasteiger partial charge is 0.494 e. The number of likely N-dealkylation sites (tertiary alicyclic amines) is 1. The van der Waals surface area contributed by atoms with E-state index < -0.39 is 5.60 Å². The fourth-order valence-corrected chi connectivity index (χ4v) is 5.08. The van der Waals surface area contributed by atoms with Gasteiger partial charge < -0.3 is 14.4 Å². The van der Waals surface area contributed by atoms with Crippen molar-refractivity contribution in [3.63, 3.8) is 0 Å². The number of benzene rings is 2. The highest BCUT2D eigenvalue weighted by atomic mass is 16.5. The van der Waals surface area contributed by atoms with Crippen molar-refractivity contribution >= 4 is 11.7 Å². The van der Waals surface area contributed by atoms with E-state index in [0.717, 1.165) is 22.4 Å². The minimum atomic E-state index is -0.483. The van der Waals surface area contributed by atoms with E-state index in [2.05, 4.69) is 32.9 Å². The van der Waals surface area contributed by atoms with Crippen molar-refractivity contribution in [1.82, 2.24) is 4.90 Å². The predicted molar refractivity (Wildman–Crippen MR) is 134 cm³/mol. The van der Waals surface area contributed by atoms with E-state index in [9.17, 15) is 9.59 Å². The van der Waals surface area contributed by atoms with E-state index in [1.165, 1.54) is 5.56 Å². The molecule has 0 unspecified atom stereocenters. The highest BCUT2D eigenvalue weighted by Crippen LogP contribution is 2.41. The van der Waals surface area contributed by atoms with Crippen LogP contribution in [0, 0.1) is 13.8 Å². The molecule has 2 aromatic rings. The third-order valence-electron chi connectivity index (χ3n) is 7.08. The Bertz CT molecular complexity index is 1060. The Morgan fingerprint density at radius 3 is 2.41 bits per heavy atom. The molecule has 2 aliphatic heterocycles. The number of carbonyl (C=O) groups excluding carboxylic acids is 2. The molecule has 5 heteroatoms. The van der Waals surface area contributed by atoms with Crippen molar-refractivity contribution in [2.24, 2.45) is 0 Å². The lowest BCUT2D eigenvalue weighted by Gasteiger charge is -2.44. The van der Waals surface area contributed by atoms with Gasteiger partial charge in [0.1, 0.15) is 17.1 Å². The molecule has 4 rings (SSSR count). The summed E-state index contributed by atoms with van der Waals surface area (Å²) in [5, 5.41) is 0. The highest BCUT2D eigenvalue weighted by molar-refractivity contribution is 6.01. The maximum absolute atomic E-state index is 12.9. The van der Waals surface area contributed by atoms with Crippen LogP contribution in [-0.2, 0) is 10.2 Å². The van der Waals surface area contributed by atoms with Gasteiger partial charge in [-0.25, -0.2) is 0 Å². The number of amides is 1. The van der Waals surface area contributed by atoms with Crippen LogP contribution >= 0.6 is 0 Å². The molecular weight excluding hydrogens is 426 g/mol. The normalized spacial score (nSPS) is 17.3. The summed E-state index contributed by atoms with van der Waals surface area (Å²) in [7, 11) is 0. The average Bonchev–Trinajstić information content (AvgIpc) is 2.76. The number of nitrogens with zero attached hydrogens (tertiary/aromatic N) is 1. The minimum absolute atomic E-state index is 0.120. The number of ketones is 1. The van der Waals surface area contributed by atoms with Crippen LogP contribution in [0.1, 0.15) is 79.9 Å². The fourth-order valence-electron chi connectivity index (χ4n) is 5.08. The molecule has 0 aromatic heterocycles. The molecule has 0 N–H and O–H groups in total. The lowest BCUT2D eigenvalue weighted by molar-refractivity contribution is -0.135. The number of rotatable bonds is 5. The van der Waals surface area contributed by atoms with Crippen molar-refractivity contribution in [3.05, 3.63) is 58.7 Å². The van der Waals surface area contributed by atoms with Gasteiger partial charge in [0.25, 0.3) is 0 Å². The average molecular weight is 464 g/mol. The Hall–Kier alpha value is -2.82. The molecule has 0 saturated carbocycles. The van der Waals surface area contributed by atoms with Gasteiger partial charge in [0, 0.05) is 32.4 Å². The molecule has 0 aliphatic carbocycles. The van der Waals surface area contributed by atoms with E-state index in [-0.39, 0.29) is 17.1 Å². The maximum Gasteiger partial charge on any atom is 0.222 e. The summed E-state index contributed by atoms with van der Waals surface area (Å²) in [5.41, 5.74) is 3.72. The Balaban J connectivity index is 1.24. The van der Waals surface area contributed by atoms with Crippen molar-refractivity contribution in [2.75, 3.05) is 19.7 Å².